The van der Waals surface area contributed by atoms with Gasteiger partial charge in [-0.25, -0.2) is 8.42 Å². The van der Waals surface area contributed by atoms with Crippen LogP contribution < -0.4 is 10.1 Å². The SMILES string of the molecule is COc1ccc(C)cc1CN(C)C(=O)c1cccc(S(=O)(=O)N2CCNC(=O)C2)c1. The zero-order valence-electron chi connectivity index (χ0n) is 17.2. The number of carbonyl (C=O) groups excluding carboxylic acids is 2. The van der Waals surface area contributed by atoms with Crippen molar-refractivity contribution in [3.05, 3.63) is 59.2 Å². The van der Waals surface area contributed by atoms with E-state index in [4.69, 9.17) is 4.74 Å². The van der Waals surface area contributed by atoms with Crippen molar-refractivity contribution in [1.82, 2.24) is 14.5 Å². The molecule has 2 aromatic rings. The molecule has 0 bridgehead atoms. The second-order valence-electron chi connectivity index (χ2n) is 7.19. The summed E-state index contributed by atoms with van der Waals surface area (Å²) in [7, 11) is -0.642. The second-order valence-corrected chi connectivity index (χ2v) is 9.13. The van der Waals surface area contributed by atoms with Crippen molar-refractivity contribution < 1.29 is 22.7 Å². The minimum absolute atomic E-state index is 0.00964. The maximum atomic E-state index is 13.0. The summed E-state index contributed by atoms with van der Waals surface area (Å²) in [6.45, 7) is 2.50. The first-order valence-corrected chi connectivity index (χ1v) is 10.9. The van der Waals surface area contributed by atoms with E-state index < -0.39 is 10.0 Å². The number of hydrogen-bond acceptors (Lipinski definition) is 5. The Morgan fingerprint density at radius 3 is 2.70 bits per heavy atom. The Hall–Kier alpha value is -2.91. The topological polar surface area (TPSA) is 96.0 Å². The van der Waals surface area contributed by atoms with Gasteiger partial charge in [0, 0.05) is 37.8 Å². The minimum atomic E-state index is -3.87. The van der Waals surface area contributed by atoms with E-state index in [2.05, 4.69) is 5.32 Å². The Labute approximate surface area is 176 Å². The van der Waals surface area contributed by atoms with Gasteiger partial charge in [-0.15, -0.1) is 0 Å². The fourth-order valence-corrected chi connectivity index (χ4v) is 4.78. The Balaban J connectivity index is 1.82. The first-order chi connectivity index (χ1) is 14.2. The third kappa shape index (κ3) is 4.63. The average Bonchev–Trinajstić information content (AvgIpc) is 2.73. The van der Waals surface area contributed by atoms with E-state index in [0.29, 0.717) is 12.3 Å². The molecule has 2 aromatic carbocycles. The monoisotopic (exact) mass is 431 g/mol. The summed E-state index contributed by atoms with van der Waals surface area (Å²) in [5.41, 5.74) is 2.16. The van der Waals surface area contributed by atoms with E-state index in [1.165, 1.54) is 23.1 Å². The first-order valence-electron chi connectivity index (χ1n) is 9.48. The number of benzene rings is 2. The van der Waals surface area contributed by atoms with Gasteiger partial charge in [-0.2, -0.15) is 4.31 Å². The normalized spacial score (nSPS) is 14.8. The van der Waals surface area contributed by atoms with Gasteiger partial charge in [0.05, 0.1) is 18.6 Å². The number of nitrogens with zero attached hydrogens (tertiary/aromatic N) is 2. The summed E-state index contributed by atoms with van der Waals surface area (Å²) in [5, 5.41) is 2.60. The van der Waals surface area contributed by atoms with Crippen LogP contribution >= 0.6 is 0 Å². The molecule has 0 saturated carbocycles. The highest BCUT2D eigenvalue weighted by Gasteiger charge is 2.29. The number of amides is 2. The van der Waals surface area contributed by atoms with Crippen molar-refractivity contribution in [2.75, 3.05) is 33.8 Å². The number of carbonyl (C=O) groups is 2. The summed E-state index contributed by atoms with van der Waals surface area (Å²) in [4.78, 5) is 26.0. The predicted octanol–water partition coefficient (Wildman–Crippen LogP) is 1.40. The number of nitrogens with one attached hydrogen (secondary N) is 1. The maximum Gasteiger partial charge on any atom is 0.253 e. The van der Waals surface area contributed by atoms with Crippen molar-refractivity contribution in [2.24, 2.45) is 0 Å². The third-order valence-electron chi connectivity index (χ3n) is 4.91. The highest BCUT2D eigenvalue weighted by Crippen LogP contribution is 2.23. The van der Waals surface area contributed by atoms with Crippen molar-refractivity contribution in [2.45, 2.75) is 18.4 Å². The lowest BCUT2D eigenvalue weighted by atomic mass is 10.1. The standard InChI is InChI=1S/C21H25N3O5S/c1-15-7-8-19(29-3)17(11-15)13-23(2)21(26)16-5-4-6-18(12-16)30(27,28)24-10-9-22-20(25)14-24/h4-8,11-12H,9-10,13-14H2,1-3H3,(H,22,25). The van der Waals surface area contributed by atoms with Crippen LogP contribution in [0, 0.1) is 6.92 Å². The Morgan fingerprint density at radius 1 is 1.23 bits per heavy atom. The van der Waals surface area contributed by atoms with Gasteiger partial charge in [0.2, 0.25) is 15.9 Å². The molecule has 1 saturated heterocycles. The Kier molecular flexibility index (Phi) is 6.42. The van der Waals surface area contributed by atoms with E-state index in [9.17, 15) is 18.0 Å². The van der Waals surface area contributed by atoms with E-state index >= 15 is 0 Å². The molecule has 0 unspecified atom stereocenters. The summed E-state index contributed by atoms with van der Waals surface area (Å²) < 4.78 is 32.3. The number of piperazine rings is 1. The van der Waals surface area contributed by atoms with E-state index in [1.807, 2.05) is 25.1 Å². The van der Waals surface area contributed by atoms with E-state index in [-0.39, 0.29) is 41.9 Å². The molecule has 2 amide bonds. The minimum Gasteiger partial charge on any atom is -0.496 e. The predicted molar refractivity (Wildman–Crippen MR) is 112 cm³/mol. The van der Waals surface area contributed by atoms with Crippen molar-refractivity contribution in [1.29, 1.82) is 0 Å². The number of aryl methyl sites for hydroxylation is 1. The van der Waals surface area contributed by atoms with Crippen LogP contribution in [0.25, 0.3) is 0 Å². The zero-order chi connectivity index (χ0) is 21.9. The molecule has 160 valence electrons. The lowest BCUT2D eigenvalue weighted by Crippen LogP contribution is -2.49. The Morgan fingerprint density at radius 2 is 2.00 bits per heavy atom. The van der Waals surface area contributed by atoms with Gasteiger partial charge < -0.3 is 15.0 Å². The van der Waals surface area contributed by atoms with Crippen LogP contribution in [0.5, 0.6) is 5.75 Å². The molecule has 0 radical (unpaired) electrons. The fourth-order valence-electron chi connectivity index (χ4n) is 3.34. The molecule has 0 aliphatic carbocycles. The van der Waals surface area contributed by atoms with Crippen LogP contribution in [0.1, 0.15) is 21.5 Å². The third-order valence-corrected chi connectivity index (χ3v) is 6.75. The molecule has 3 rings (SSSR count). The van der Waals surface area contributed by atoms with Gasteiger partial charge >= 0.3 is 0 Å². The second kappa shape index (κ2) is 8.85. The summed E-state index contributed by atoms with van der Waals surface area (Å²) in [6, 6.07) is 11.6. The van der Waals surface area contributed by atoms with Gasteiger partial charge in [-0.3, -0.25) is 9.59 Å². The molecule has 0 spiro atoms. The highest BCUT2D eigenvalue weighted by molar-refractivity contribution is 7.89. The molecule has 1 heterocycles. The summed E-state index contributed by atoms with van der Waals surface area (Å²) in [6.07, 6.45) is 0. The maximum absolute atomic E-state index is 13.0. The van der Waals surface area contributed by atoms with Gasteiger partial charge in [0.1, 0.15) is 5.75 Å². The van der Waals surface area contributed by atoms with Crippen molar-refractivity contribution in [3.63, 3.8) is 0 Å². The molecular formula is C21H25N3O5S. The quantitative estimate of drug-likeness (QED) is 0.746. The number of rotatable bonds is 6. The number of hydrogen-bond donors (Lipinski definition) is 1. The van der Waals surface area contributed by atoms with Crippen molar-refractivity contribution >= 4 is 21.8 Å². The van der Waals surface area contributed by atoms with Crippen LogP contribution in [-0.4, -0.2) is 63.2 Å². The van der Waals surface area contributed by atoms with Crippen LogP contribution in [0.2, 0.25) is 0 Å². The number of ether oxygens (including phenoxy) is 1. The molecule has 1 N–H and O–H groups in total. The molecule has 1 fully saturated rings. The van der Waals surface area contributed by atoms with Crippen LogP contribution in [0.4, 0.5) is 0 Å². The molecule has 8 nitrogen and oxygen atoms in total. The highest BCUT2D eigenvalue weighted by atomic mass is 32.2. The van der Waals surface area contributed by atoms with Crippen LogP contribution in [0.15, 0.2) is 47.4 Å². The van der Waals surface area contributed by atoms with Gasteiger partial charge in [0.25, 0.3) is 5.91 Å². The lowest BCUT2D eigenvalue weighted by molar-refractivity contribution is -0.122. The van der Waals surface area contributed by atoms with Crippen molar-refractivity contribution in [3.8, 4) is 5.75 Å². The van der Waals surface area contributed by atoms with Gasteiger partial charge in [0.15, 0.2) is 0 Å². The summed E-state index contributed by atoms with van der Waals surface area (Å²) in [5.74, 6) is 0.0239. The van der Waals surface area contributed by atoms with Crippen LogP contribution in [0.3, 0.4) is 0 Å². The number of sulfonamides is 1. The Bertz CT molecular complexity index is 1070. The smallest absolute Gasteiger partial charge is 0.253 e. The van der Waals surface area contributed by atoms with E-state index in [0.717, 1.165) is 15.4 Å². The van der Waals surface area contributed by atoms with Gasteiger partial charge in [-0.1, -0.05) is 23.8 Å². The molecule has 1 aliphatic heterocycles. The molecule has 30 heavy (non-hydrogen) atoms. The molecule has 0 aromatic heterocycles. The average molecular weight is 432 g/mol. The molecule has 0 atom stereocenters. The zero-order valence-corrected chi connectivity index (χ0v) is 18.0. The van der Waals surface area contributed by atoms with Gasteiger partial charge in [-0.05, 0) is 31.2 Å². The first kappa shape index (κ1) is 21.8. The molecule has 1 aliphatic rings. The van der Waals surface area contributed by atoms with Crippen LogP contribution in [-0.2, 0) is 21.4 Å². The lowest BCUT2D eigenvalue weighted by Gasteiger charge is -2.26. The largest absolute Gasteiger partial charge is 0.496 e. The summed E-state index contributed by atoms with van der Waals surface area (Å²) >= 11 is 0. The molecule has 9 heteroatoms. The number of methoxy groups -OCH3 is 1. The fraction of sp³-hybridized carbons (Fsp3) is 0.333. The molecular weight excluding hydrogens is 406 g/mol. The van der Waals surface area contributed by atoms with E-state index in [1.54, 1.807) is 20.2 Å².